The lowest BCUT2D eigenvalue weighted by Crippen LogP contribution is -2.33. The summed E-state index contributed by atoms with van der Waals surface area (Å²) >= 11 is 0. The van der Waals surface area contributed by atoms with Gasteiger partial charge < -0.3 is 9.73 Å². The Balaban J connectivity index is 1.56. The zero-order chi connectivity index (χ0) is 20.2. The normalized spacial score (nSPS) is 20.8. The monoisotopic (exact) mass is 396 g/mol. The SMILES string of the molecule is Cc1nc2n(n1)[C@H](c1cccc3ccccc13)C1=C(C[C@H](c3ccco3)CC1=O)N2. The molecule has 2 atom stereocenters. The number of aromatic nitrogens is 3. The molecule has 1 aliphatic carbocycles. The van der Waals surface area contributed by atoms with Crippen LogP contribution in [0.15, 0.2) is 76.5 Å². The minimum atomic E-state index is -0.298. The second-order valence-electron chi connectivity index (χ2n) is 7.96. The molecule has 148 valence electrons. The molecule has 1 N–H and O–H groups in total. The second-order valence-corrected chi connectivity index (χ2v) is 7.96. The van der Waals surface area contributed by atoms with Gasteiger partial charge in [-0.3, -0.25) is 4.79 Å². The van der Waals surface area contributed by atoms with Gasteiger partial charge in [0, 0.05) is 23.6 Å². The Kier molecular flexibility index (Phi) is 3.68. The molecule has 0 bridgehead atoms. The van der Waals surface area contributed by atoms with Crippen molar-refractivity contribution < 1.29 is 9.21 Å². The summed E-state index contributed by atoms with van der Waals surface area (Å²) in [4.78, 5) is 18.1. The number of aryl methyl sites for hydroxylation is 1. The number of rotatable bonds is 2. The average Bonchev–Trinajstić information content (AvgIpc) is 3.41. The number of nitrogens with zero attached hydrogens (tertiary/aromatic N) is 3. The number of carbonyl (C=O) groups excluding carboxylic acids is 1. The molecule has 0 amide bonds. The lowest BCUT2D eigenvalue weighted by Gasteiger charge is -2.34. The summed E-state index contributed by atoms with van der Waals surface area (Å²) < 4.78 is 7.47. The number of fused-ring (bicyclic) bond motifs is 2. The van der Waals surface area contributed by atoms with Gasteiger partial charge in [0.25, 0.3) is 0 Å². The van der Waals surface area contributed by atoms with Crippen molar-refractivity contribution in [2.24, 2.45) is 0 Å². The molecule has 0 saturated carbocycles. The fraction of sp³-hybridized carbons (Fsp3) is 0.208. The summed E-state index contributed by atoms with van der Waals surface area (Å²) in [5.41, 5.74) is 2.77. The van der Waals surface area contributed by atoms with Gasteiger partial charge in [0.1, 0.15) is 17.6 Å². The van der Waals surface area contributed by atoms with Crippen LogP contribution in [0.5, 0.6) is 0 Å². The van der Waals surface area contributed by atoms with E-state index in [1.165, 1.54) is 0 Å². The van der Waals surface area contributed by atoms with Crippen molar-refractivity contribution in [2.45, 2.75) is 31.7 Å². The Bertz CT molecular complexity index is 1310. The Morgan fingerprint density at radius 2 is 1.93 bits per heavy atom. The molecule has 0 spiro atoms. The summed E-state index contributed by atoms with van der Waals surface area (Å²) in [7, 11) is 0. The number of furan rings is 1. The van der Waals surface area contributed by atoms with E-state index in [9.17, 15) is 4.79 Å². The zero-order valence-electron chi connectivity index (χ0n) is 16.5. The van der Waals surface area contributed by atoms with E-state index in [2.05, 4.69) is 39.7 Å². The highest BCUT2D eigenvalue weighted by molar-refractivity contribution is 6.01. The van der Waals surface area contributed by atoms with Crippen LogP contribution in [0.2, 0.25) is 0 Å². The van der Waals surface area contributed by atoms with Crippen LogP contribution in [-0.4, -0.2) is 20.5 Å². The quantitative estimate of drug-likeness (QED) is 0.529. The predicted molar refractivity (Wildman–Crippen MR) is 113 cm³/mol. The van der Waals surface area contributed by atoms with E-state index < -0.39 is 0 Å². The molecule has 3 heterocycles. The summed E-state index contributed by atoms with van der Waals surface area (Å²) in [6, 6.07) is 18.0. The van der Waals surface area contributed by atoms with Crippen molar-refractivity contribution in [3.63, 3.8) is 0 Å². The van der Waals surface area contributed by atoms with E-state index in [0.717, 1.165) is 33.4 Å². The molecule has 2 aromatic heterocycles. The summed E-state index contributed by atoms with van der Waals surface area (Å²) in [6.45, 7) is 1.87. The summed E-state index contributed by atoms with van der Waals surface area (Å²) in [6.07, 6.45) is 2.80. The summed E-state index contributed by atoms with van der Waals surface area (Å²) in [5.74, 6) is 2.36. The summed E-state index contributed by atoms with van der Waals surface area (Å²) in [5, 5.41) is 10.3. The van der Waals surface area contributed by atoms with E-state index in [-0.39, 0.29) is 17.7 Å². The highest BCUT2D eigenvalue weighted by Crippen LogP contribution is 2.45. The van der Waals surface area contributed by atoms with Crippen molar-refractivity contribution >= 4 is 22.5 Å². The predicted octanol–water partition coefficient (Wildman–Crippen LogP) is 4.75. The second kappa shape index (κ2) is 6.42. The van der Waals surface area contributed by atoms with Crippen LogP contribution in [0.4, 0.5) is 5.95 Å². The van der Waals surface area contributed by atoms with Crippen LogP contribution >= 0.6 is 0 Å². The number of benzene rings is 2. The van der Waals surface area contributed by atoms with Gasteiger partial charge in [-0.1, -0.05) is 42.5 Å². The lowest BCUT2D eigenvalue weighted by atomic mass is 9.79. The first-order valence-electron chi connectivity index (χ1n) is 10.2. The van der Waals surface area contributed by atoms with E-state index in [4.69, 9.17) is 4.42 Å². The van der Waals surface area contributed by atoms with E-state index >= 15 is 0 Å². The number of hydrogen-bond donors (Lipinski definition) is 1. The van der Waals surface area contributed by atoms with E-state index in [1.807, 2.05) is 41.9 Å². The zero-order valence-corrected chi connectivity index (χ0v) is 16.5. The third-order valence-corrected chi connectivity index (χ3v) is 6.09. The molecule has 6 nitrogen and oxygen atoms in total. The molecule has 1 aliphatic heterocycles. The Hall–Kier alpha value is -3.67. The largest absolute Gasteiger partial charge is 0.469 e. The number of Topliss-reactive ketones (excluding diaryl/α,β-unsaturated/α-hetero) is 1. The number of nitrogens with one attached hydrogen (secondary N) is 1. The van der Waals surface area contributed by atoms with Gasteiger partial charge in [0.05, 0.1) is 6.26 Å². The van der Waals surface area contributed by atoms with E-state index in [0.29, 0.717) is 24.6 Å². The minimum absolute atomic E-state index is 0.0301. The highest BCUT2D eigenvalue weighted by atomic mass is 16.3. The average molecular weight is 396 g/mol. The number of hydrogen-bond acceptors (Lipinski definition) is 5. The van der Waals surface area contributed by atoms with Crippen LogP contribution in [0.1, 0.15) is 41.9 Å². The van der Waals surface area contributed by atoms with Crippen LogP contribution in [0.25, 0.3) is 10.8 Å². The van der Waals surface area contributed by atoms with Crippen LogP contribution in [-0.2, 0) is 4.79 Å². The molecule has 0 saturated heterocycles. The first kappa shape index (κ1) is 17.2. The maximum atomic E-state index is 13.5. The molecule has 2 aliphatic rings. The van der Waals surface area contributed by atoms with Gasteiger partial charge in [-0.25, -0.2) is 4.68 Å². The van der Waals surface area contributed by atoms with Crippen molar-refractivity contribution in [3.05, 3.63) is 89.3 Å². The van der Waals surface area contributed by atoms with Gasteiger partial charge in [-0.05, 0) is 41.8 Å². The van der Waals surface area contributed by atoms with Gasteiger partial charge in [0.15, 0.2) is 5.78 Å². The maximum Gasteiger partial charge on any atom is 0.226 e. The molecular formula is C24H20N4O2. The van der Waals surface area contributed by atoms with Crippen molar-refractivity contribution in [1.82, 2.24) is 14.8 Å². The third-order valence-electron chi connectivity index (χ3n) is 6.09. The number of anilines is 1. The fourth-order valence-electron chi connectivity index (χ4n) is 4.82. The molecule has 4 aromatic rings. The molecular weight excluding hydrogens is 376 g/mol. The first-order chi connectivity index (χ1) is 14.7. The van der Waals surface area contributed by atoms with Gasteiger partial charge in [0.2, 0.25) is 5.95 Å². The lowest BCUT2D eigenvalue weighted by molar-refractivity contribution is -0.117. The maximum absolute atomic E-state index is 13.5. The molecule has 30 heavy (non-hydrogen) atoms. The Labute approximate surface area is 173 Å². The Morgan fingerprint density at radius 1 is 1.07 bits per heavy atom. The van der Waals surface area contributed by atoms with Crippen LogP contribution in [0, 0.1) is 6.92 Å². The smallest absolute Gasteiger partial charge is 0.226 e. The molecule has 0 unspecified atom stereocenters. The van der Waals surface area contributed by atoms with Gasteiger partial charge in [-0.2, -0.15) is 10.1 Å². The molecule has 2 aromatic carbocycles. The fourth-order valence-corrected chi connectivity index (χ4v) is 4.82. The van der Waals surface area contributed by atoms with Gasteiger partial charge in [-0.15, -0.1) is 0 Å². The third kappa shape index (κ3) is 2.53. The molecule has 6 rings (SSSR count). The molecule has 0 radical (unpaired) electrons. The topological polar surface area (TPSA) is 73.0 Å². The van der Waals surface area contributed by atoms with Crippen molar-refractivity contribution in [1.29, 1.82) is 0 Å². The van der Waals surface area contributed by atoms with Crippen molar-refractivity contribution in [3.8, 4) is 0 Å². The number of allylic oxidation sites excluding steroid dienone is 2. The first-order valence-corrected chi connectivity index (χ1v) is 10.2. The van der Waals surface area contributed by atoms with E-state index in [1.54, 1.807) is 6.26 Å². The standard InChI is InChI=1S/C24H20N4O2/c1-14-25-24-26-19-12-16(21-10-5-11-30-21)13-20(29)22(19)23(28(24)27-14)18-9-4-7-15-6-2-3-8-17(15)18/h2-11,16,23H,12-13H2,1H3,(H,25,26,27)/t16-,23+/m0/s1. The minimum Gasteiger partial charge on any atom is -0.469 e. The van der Waals surface area contributed by atoms with Crippen LogP contribution in [0.3, 0.4) is 0 Å². The highest BCUT2D eigenvalue weighted by Gasteiger charge is 2.40. The van der Waals surface area contributed by atoms with Crippen molar-refractivity contribution in [2.75, 3.05) is 5.32 Å². The van der Waals surface area contributed by atoms with Gasteiger partial charge >= 0.3 is 0 Å². The number of ketones is 1. The Morgan fingerprint density at radius 3 is 2.80 bits per heavy atom. The molecule has 0 fully saturated rings. The molecule has 6 heteroatoms. The van der Waals surface area contributed by atoms with Crippen LogP contribution < -0.4 is 5.32 Å². The number of carbonyl (C=O) groups is 1.